The van der Waals surface area contributed by atoms with Crippen molar-refractivity contribution in [1.82, 2.24) is 0 Å². The molecule has 0 aromatic heterocycles. The number of hydrogen-bond acceptors (Lipinski definition) is 2. The highest BCUT2D eigenvalue weighted by Crippen LogP contribution is 1.84. The summed E-state index contributed by atoms with van der Waals surface area (Å²) >= 11 is 0. The molecule has 0 unspecified atom stereocenters. The van der Waals surface area contributed by atoms with E-state index in [2.05, 4.69) is 23.7 Å². The lowest BCUT2D eigenvalue weighted by molar-refractivity contribution is -0.136. The molecule has 3 nitrogen and oxygen atoms in total. The van der Waals surface area contributed by atoms with E-state index in [1.165, 1.54) is 0 Å². The minimum Gasteiger partial charge on any atom is -0.481 e. The molecule has 3 heteroatoms. The first-order chi connectivity index (χ1) is 6.77. The van der Waals surface area contributed by atoms with E-state index < -0.39 is 5.97 Å². The number of carbonyl (C=O) groups is 1. The fourth-order valence-corrected chi connectivity index (χ4v) is 0.587. The van der Waals surface area contributed by atoms with Gasteiger partial charge in [-0.1, -0.05) is 23.7 Å². The first kappa shape index (κ1) is 12.3. The SMILES string of the molecule is NCCC#C/C=C/C#CCCC(=O)O. The molecule has 0 aromatic carbocycles. The molecule has 0 saturated heterocycles. The Labute approximate surface area is 84.0 Å². The lowest BCUT2D eigenvalue weighted by Crippen LogP contribution is -1.95. The van der Waals surface area contributed by atoms with Crippen LogP contribution in [0.15, 0.2) is 12.2 Å². The maximum atomic E-state index is 10.1. The third-order valence-electron chi connectivity index (χ3n) is 1.19. The molecule has 0 aromatic rings. The quantitative estimate of drug-likeness (QED) is 0.647. The molecule has 0 aliphatic heterocycles. The number of hydrogen-bond donors (Lipinski definition) is 2. The molecule has 0 radical (unpaired) electrons. The van der Waals surface area contributed by atoms with Crippen LogP contribution in [0.1, 0.15) is 19.3 Å². The molecule has 0 bridgehead atoms. The minimum absolute atomic E-state index is 0.0830. The molecule has 0 spiro atoms. The van der Waals surface area contributed by atoms with Crippen molar-refractivity contribution in [2.75, 3.05) is 6.54 Å². The monoisotopic (exact) mass is 191 g/mol. The molecule has 0 aliphatic rings. The Kier molecular flexibility index (Phi) is 8.23. The molecular weight excluding hydrogens is 178 g/mol. The van der Waals surface area contributed by atoms with Crippen LogP contribution in [0, 0.1) is 23.7 Å². The summed E-state index contributed by atoms with van der Waals surface area (Å²) in [6.45, 7) is 0.561. The number of nitrogens with two attached hydrogens (primary N) is 1. The highest BCUT2D eigenvalue weighted by molar-refractivity contribution is 5.67. The van der Waals surface area contributed by atoms with Gasteiger partial charge in [0.25, 0.3) is 0 Å². The van der Waals surface area contributed by atoms with Gasteiger partial charge in [0.1, 0.15) is 0 Å². The van der Waals surface area contributed by atoms with Crippen molar-refractivity contribution in [3.63, 3.8) is 0 Å². The average molecular weight is 191 g/mol. The topological polar surface area (TPSA) is 63.3 Å². The molecule has 0 rings (SSSR count). The first-order valence-corrected chi connectivity index (χ1v) is 4.31. The molecule has 14 heavy (non-hydrogen) atoms. The van der Waals surface area contributed by atoms with Crippen molar-refractivity contribution >= 4 is 5.97 Å². The van der Waals surface area contributed by atoms with Gasteiger partial charge < -0.3 is 10.8 Å². The van der Waals surface area contributed by atoms with Gasteiger partial charge in [-0.05, 0) is 12.2 Å². The van der Waals surface area contributed by atoms with E-state index in [1.807, 2.05) is 0 Å². The van der Waals surface area contributed by atoms with E-state index >= 15 is 0 Å². The Morgan fingerprint density at radius 3 is 2.29 bits per heavy atom. The third-order valence-corrected chi connectivity index (χ3v) is 1.19. The molecule has 0 heterocycles. The van der Waals surface area contributed by atoms with Gasteiger partial charge in [-0.3, -0.25) is 4.79 Å². The maximum Gasteiger partial charge on any atom is 0.304 e. The number of aliphatic carboxylic acids is 1. The molecule has 74 valence electrons. The summed E-state index contributed by atoms with van der Waals surface area (Å²) in [6, 6.07) is 0. The second-order valence-corrected chi connectivity index (χ2v) is 2.41. The highest BCUT2D eigenvalue weighted by atomic mass is 16.4. The second kappa shape index (κ2) is 9.38. The van der Waals surface area contributed by atoms with Crippen LogP contribution in [0.2, 0.25) is 0 Å². The van der Waals surface area contributed by atoms with Gasteiger partial charge in [-0.15, -0.1) is 0 Å². The Bertz CT molecular complexity index is 310. The summed E-state index contributed by atoms with van der Waals surface area (Å²) < 4.78 is 0. The standard InChI is InChI=1S/C11H13NO2/c12-10-8-6-4-2-1-3-5-7-9-11(13)14/h1-2H,7-10,12H2,(H,13,14)/b2-1+. The van der Waals surface area contributed by atoms with E-state index in [0.717, 1.165) is 0 Å². The van der Waals surface area contributed by atoms with Gasteiger partial charge in [0.05, 0.1) is 6.42 Å². The molecule has 0 fully saturated rings. The number of allylic oxidation sites excluding steroid dienone is 2. The van der Waals surface area contributed by atoms with Crippen LogP contribution in [0.25, 0.3) is 0 Å². The van der Waals surface area contributed by atoms with E-state index in [9.17, 15) is 4.79 Å². The number of carboxylic acids is 1. The van der Waals surface area contributed by atoms with Crippen molar-refractivity contribution < 1.29 is 9.90 Å². The number of rotatable bonds is 3. The number of carboxylic acid groups (broad SMARTS) is 1. The van der Waals surface area contributed by atoms with E-state index in [-0.39, 0.29) is 6.42 Å². The maximum absolute atomic E-state index is 10.1. The lowest BCUT2D eigenvalue weighted by Gasteiger charge is -1.81. The fourth-order valence-electron chi connectivity index (χ4n) is 0.587. The van der Waals surface area contributed by atoms with Gasteiger partial charge >= 0.3 is 5.97 Å². The van der Waals surface area contributed by atoms with Gasteiger partial charge in [0.2, 0.25) is 0 Å². The Balaban J connectivity index is 3.60. The van der Waals surface area contributed by atoms with E-state index in [4.69, 9.17) is 10.8 Å². The van der Waals surface area contributed by atoms with Gasteiger partial charge in [-0.2, -0.15) is 0 Å². The zero-order valence-corrected chi connectivity index (χ0v) is 7.92. The van der Waals surface area contributed by atoms with Crippen LogP contribution < -0.4 is 5.73 Å². The molecule has 0 amide bonds. The van der Waals surface area contributed by atoms with Gasteiger partial charge in [0.15, 0.2) is 0 Å². The van der Waals surface area contributed by atoms with Crippen LogP contribution in [0.3, 0.4) is 0 Å². The minimum atomic E-state index is -0.828. The lowest BCUT2D eigenvalue weighted by atomic mass is 10.3. The van der Waals surface area contributed by atoms with Crippen molar-refractivity contribution in [2.45, 2.75) is 19.3 Å². The highest BCUT2D eigenvalue weighted by Gasteiger charge is 1.90. The zero-order valence-electron chi connectivity index (χ0n) is 7.92. The molecule has 0 aliphatic carbocycles. The predicted octanol–water partition coefficient (Wildman–Crippen LogP) is 0.763. The second-order valence-electron chi connectivity index (χ2n) is 2.41. The van der Waals surface area contributed by atoms with Gasteiger partial charge in [0, 0.05) is 19.4 Å². The summed E-state index contributed by atoms with van der Waals surface area (Å²) in [4.78, 5) is 10.1. The molecular formula is C11H13NO2. The van der Waals surface area contributed by atoms with Crippen molar-refractivity contribution in [2.24, 2.45) is 5.73 Å². The van der Waals surface area contributed by atoms with Crippen LogP contribution in [-0.4, -0.2) is 17.6 Å². The van der Waals surface area contributed by atoms with Gasteiger partial charge in [-0.25, -0.2) is 0 Å². The van der Waals surface area contributed by atoms with E-state index in [1.54, 1.807) is 12.2 Å². The predicted molar refractivity (Wildman–Crippen MR) is 55.2 cm³/mol. The first-order valence-electron chi connectivity index (χ1n) is 4.31. The Hall–Kier alpha value is -1.71. The Morgan fingerprint density at radius 2 is 1.79 bits per heavy atom. The normalized spacial score (nSPS) is 8.64. The van der Waals surface area contributed by atoms with Crippen molar-refractivity contribution in [3.05, 3.63) is 12.2 Å². The fraction of sp³-hybridized carbons (Fsp3) is 0.364. The molecule has 0 saturated carbocycles. The summed E-state index contributed by atoms with van der Waals surface area (Å²) in [5.74, 6) is 10.1. The van der Waals surface area contributed by atoms with Crippen LogP contribution >= 0.6 is 0 Å². The summed E-state index contributed by atoms with van der Waals surface area (Å²) in [7, 11) is 0. The molecule has 0 atom stereocenters. The smallest absolute Gasteiger partial charge is 0.304 e. The van der Waals surface area contributed by atoms with Crippen molar-refractivity contribution in [3.8, 4) is 23.7 Å². The molecule has 3 N–H and O–H groups in total. The van der Waals surface area contributed by atoms with Crippen LogP contribution in [-0.2, 0) is 4.79 Å². The summed E-state index contributed by atoms with van der Waals surface area (Å²) in [6.07, 6.45) is 4.36. The largest absolute Gasteiger partial charge is 0.481 e. The Morgan fingerprint density at radius 1 is 1.21 bits per heavy atom. The van der Waals surface area contributed by atoms with Crippen LogP contribution in [0.5, 0.6) is 0 Å². The summed E-state index contributed by atoms with van der Waals surface area (Å²) in [5.41, 5.74) is 5.23. The van der Waals surface area contributed by atoms with Crippen LogP contribution in [0.4, 0.5) is 0 Å². The summed E-state index contributed by atoms with van der Waals surface area (Å²) in [5, 5.41) is 8.29. The zero-order chi connectivity index (χ0) is 10.6. The average Bonchev–Trinajstić information content (AvgIpc) is 2.15. The third kappa shape index (κ3) is 10.3. The van der Waals surface area contributed by atoms with E-state index in [0.29, 0.717) is 19.4 Å². The van der Waals surface area contributed by atoms with Crippen molar-refractivity contribution in [1.29, 1.82) is 0 Å².